The summed E-state index contributed by atoms with van der Waals surface area (Å²) < 4.78 is 5.54. The number of rotatable bonds is 3. The second kappa shape index (κ2) is 4.96. The van der Waals surface area contributed by atoms with Gasteiger partial charge in [-0.3, -0.25) is 4.79 Å². The Morgan fingerprint density at radius 2 is 2.20 bits per heavy atom. The van der Waals surface area contributed by atoms with Gasteiger partial charge in [0.05, 0.1) is 12.8 Å². The van der Waals surface area contributed by atoms with E-state index >= 15 is 0 Å². The zero-order chi connectivity index (χ0) is 10.5. The Balaban J connectivity index is 1.84. The van der Waals surface area contributed by atoms with Crippen molar-refractivity contribution in [1.82, 2.24) is 10.2 Å². The molecule has 0 unspecified atom stereocenters. The first-order valence-corrected chi connectivity index (χ1v) is 5.52. The fourth-order valence-electron chi connectivity index (χ4n) is 2.01. The first-order valence-electron chi connectivity index (χ1n) is 5.52. The van der Waals surface area contributed by atoms with Crippen LogP contribution in [0.25, 0.3) is 0 Å². The van der Waals surface area contributed by atoms with E-state index in [9.17, 15) is 4.79 Å². The summed E-state index contributed by atoms with van der Waals surface area (Å²) in [4.78, 5) is 10.9. The van der Waals surface area contributed by atoms with Gasteiger partial charge in [0, 0.05) is 6.07 Å². The van der Waals surface area contributed by atoms with Crippen molar-refractivity contribution in [3.05, 3.63) is 22.6 Å². The number of aromatic nitrogens is 2. The summed E-state index contributed by atoms with van der Waals surface area (Å²) in [6, 6.07) is 1.44. The molecule has 0 spiro atoms. The molecule has 4 nitrogen and oxygen atoms in total. The minimum absolute atomic E-state index is 0.212. The van der Waals surface area contributed by atoms with E-state index in [1.807, 2.05) is 0 Å². The van der Waals surface area contributed by atoms with E-state index in [0.29, 0.717) is 18.3 Å². The third-order valence-electron chi connectivity index (χ3n) is 2.85. The third-order valence-corrected chi connectivity index (χ3v) is 2.85. The summed E-state index contributed by atoms with van der Waals surface area (Å²) in [7, 11) is 0. The first-order chi connectivity index (χ1) is 7.34. The fraction of sp³-hybridized carbons (Fsp3) is 0.636. The third kappa shape index (κ3) is 3.08. The fourth-order valence-corrected chi connectivity index (χ4v) is 2.01. The SMILES string of the molecule is O=c1cc(OCC2CCCCC2)cn[nH]1. The van der Waals surface area contributed by atoms with Crippen LogP contribution in [-0.2, 0) is 0 Å². The summed E-state index contributed by atoms with van der Waals surface area (Å²) in [6.45, 7) is 0.713. The van der Waals surface area contributed by atoms with Crippen LogP contribution < -0.4 is 10.3 Å². The van der Waals surface area contributed by atoms with E-state index in [2.05, 4.69) is 10.2 Å². The molecule has 1 aromatic rings. The number of nitrogens with one attached hydrogen (secondary N) is 1. The van der Waals surface area contributed by atoms with Crippen molar-refractivity contribution in [2.24, 2.45) is 5.92 Å². The van der Waals surface area contributed by atoms with Crippen LogP contribution in [0, 0.1) is 5.92 Å². The van der Waals surface area contributed by atoms with Crippen LogP contribution in [-0.4, -0.2) is 16.8 Å². The molecule has 0 amide bonds. The minimum Gasteiger partial charge on any atom is -0.491 e. The van der Waals surface area contributed by atoms with Crippen molar-refractivity contribution in [1.29, 1.82) is 0 Å². The van der Waals surface area contributed by atoms with Crippen molar-refractivity contribution in [2.45, 2.75) is 32.1 Å². The van der Waals surface area contributed by atoms with Crippen LogP contribution >= 0.6 is 0 Å². The lowest BCUT2D eigenvalue weighted by atomic mass is 9.90. The van der Waals surface area contributed by atoms with E-state index in [0.717, 1.165) is 0 Å². The van der Waals surface area contributed by atoms with E-state index in [1.165, 1.54) is 38.2 Å². The zero-order valence-electron chi connectivity index (χ0n) is 8.74. The Bertz CT molecular complexity index is 356. The molecule has 0 aromatic carbocycles. The van der Waals surface area contributed by atoms with Gasteiger partial charge < -0.3 is 4.74 Å². The van der Waals surface area contributed by atoms with E-state index in [1.54, 1.807) is 6.20 Å². The molecule has 1 aliphatic rings. The highest BCUT2D eigenvalue weighted by atomic mass is 16.5. The van der Waals surface area contributed by atoms with E-state index in [-0.39, 0.29) is 5.56 Å². The molecule has 0 radical (unpaired) electrons. The Morgan fingerprint density at radius 1 is 1.40 bits per heavy atom. The smallest absolute Gasteiger partial charge is 0.267 e. The molecule has 4 heteroatoms. The van der Waals surface area contributed by atoms with Crippen LogP contribution in [0.4, 0.5) is 0 Å². The lowest BCUT2D eigenvalue weighted by Crippen LogP contribution is -2.16. The van der Waals surface area contributed by atoms with Gasteiger partial charge in [-0.1, -0.05) is 19.3 Å². The second-order valence-electron chi connectivity index (χ2n) is 4.10. The molecule has 0 aliphatic heterocycles. The van der Waals surface area contributed by atoms with Crippen LogP contribution in [0.1, 0.15) is 32.1 Å². The molecular formula is C11H16N2O2. The summed E-state index contributed by atoms with van der Waals surface area (Å²) >= 11 is 0. The largest absolute Gasteiger partial charge is 0.491 e. The quantitative estimate of drug-likeness (QED) is 0.823. The molecule has 1 aliphatic carbocycles. The summed E-state index contributed by atoms with van der Waals surface area (Å²) in [5.41, 5.74) is -0.212. The monoisotopic (exact) mass is 208 g/mol. The van der Waals surface area contributed by atoms with Crippen molar-refractivity contribution in [2.75, 3.05) is 6.61 Å². The number of ether oxygens (including phenoxy) is 1. The maximum Gasteiger partial charge on any atom is 0.267 e. The van der Waals surface area contributed by atoms with Crippen molar-refractivity contribution < 1.29 is 4.74 Å². The number of nitrogens with zero attached hydrogens (tertiary/aromatic N) is 1. The maximum absolute atomic E-state index is 10.9. The van der Waals surface area contributed by atoms with Gasteiger partial charge in [0.25, 0.3) is 5.56 Å². The minimum atomic E-state index is -0.212. The van der Waals surface area contributed by atoms with Gasteiger partial charge in [-0.25, -0.2) is 5.10 Å². The van der Waals surface area contributed by atoms with Gasteiger partial charge >= 0.3 is 0 Å². The van der Waals surface area contributed by atoms with Crippen LogP contribution in [0.5, 0.6) is 5.75 Å². The van der Waals surface area contributed by atoms with E-state index < -0.39 is 0 Å². The molecule has 1 aromatic heterocycles. The normalized spacial score (nSPS) is 17.6. The molecule has 0 atom stereocenters. The van der Waals surface area contributed by atoms with Gasteiger partial charge in [-0.05, 0) is 18.8 Å². The number of aromatic amines is 1. The Kier molecular flexibility index (Phi) is 3.37. The topological polar surface area (TPSA) is 55.0 Å². The van der Waals surface area contributed by atoms with Gasteiger partial charge in [0.2, 0.25) is 0 Å². The molecule has 2 rings (SSSR count). The van der Waals surface area contributed by atoms with Gasteiger partial charge in [-0.2, -0.15) is 5.10 Å². The summed E-state index contributed by atoms with van der Waals surface area (Å²) in [6.07, 6.45) is 8.00. The van der Waals surface area contributed by atoms with Gasteiger partial charge in [0.1, 0.15) is 5.75 Å². The highest BCUT2D eigenvalue weighted by molar-refractivity contribution is 5.12. The van der Waals surface area contributed by atoms with Crippen LogP contribution in [0.15, 0.2) is 17.1 Å². The predicted octanol–water partition coefficient (Wildman–Crippen LogP) is 1.73. The standard InChI is InChI=1S/C11H16N2O2/c14-11-6-10(7-12-13-11)15-8-9-4-2-1-3-5-9/h6-7,9H,1-5,8H2,(H,13,14). The lowest BCUT2D eigenvalue weighted by molar-refractivity contribution is 0.208. The van der Waals surface area contributed by atoms with Crippen molar-refractivity contribution >= 4 is 0 Å². The Hall–Kier alpha value is -1.32. The molecule has 1 N–H and O–H groups in total. The molecule has 15 heavy (non-hydrogen) atoms. The molecule has 0 bridgehead atoms. The number of hydrogen-bond acceptors (Lipinski definition) is 3. The molecular weight excluding hydrogens is 192 g/mol. The molecule has 0 saturated heterocycles. The predicted molar refractivity (Wildman–Crippen MR) is 56.9 cm³/mol. The second-order valence-corrected chi connectivity index (χ2v) is 4.10. The highest BCUT2D eigenvalue weighted by Gasteiger charge is 2.13. The summed E-state index contributed by atoms with van der Waals surface area (Å²) in [5.74, 6) is 1.22. The first kappa shape index (κ1) is 10.2. The number of hydrogen-bond donors (Lipinski definition) is 1. The molecule has 1 fully saturated rings. The van der Waals surface area contributed by atoms with Gasteiger partial charge in [-0.15, -0.1) is 0 Å². The molecule has 1 saturated carbocycles. The van der Waals surface area contributed by atoms with Crippen LogP contribution in [0.2, 0.25) is 0 Å². The molecule has 82 valence electrons. The average molecular weight is 208 g/mol. The van der Waals surface area contributed by atoms with Gasteiger partial charge in [0.15, 0.2) is 0 Å². The van der Waals surface area contributed by atoms with Crippen molar-refractivity contribution in [3.8, 4) is 5.75 Å². The Morgan fingerprint density at radius 3 is 2.93 bits per heavy atom. The zero-order valence-corrected chi connectivity index (χ0v) is 8.74. The molecule has 1 heterocycles. The number of H-pyrrole nitrogens is 1. The average Bonchev–Trinajstić information content (AvgIpc) is 2.28. The van der Waals surface area contributed by atoms with Crippen molar-refractivity contribution in [3.63, 3.8) is 0 Å². The van der Waals surface area contributed by atoms with E-state index in [4.69, 9.17) is 4.74 Å². The highest BCUT2D eigenvalue weighted by Crippen LogP contribution is 2.24. The Labute approximate surface area is 88.7 Å². The maximum atomic E-state index is 10.9. The summed E-state index contributed by atoms with van der Waals surface area (Å²) in [5, 5.41) is 6.01. The van der Waals surface area contributed by atoms with Crippen LogP contribution in [0.3, 0.4) is 0 Å². The lowest BCUT2D eigenvalue weighted by Gasteiger charge is -2.21.